The first-order valence-corrected chi connectivity index (χ1v) is 8.33. The summed E-state index contributed by atoms with van der Waals surface area (Å²) in [5.74, 6) is 1.02. The van der Waals surface area contributed by atoms with Crippen LogP contribution in [0.4, 0.5) is 0 Å². The van der Waals surface area contributed by atoms with E-state index in [1.807, 2.05) is 66.2 Å². The van der Waals surface area contributed by atoms with Crippen LogP contribution in [0.1, 0.15) is 12.5 Å². The van der Waals surface area contributed by atoms with E-state index in [9.17, 15) is 4.79 Å². The van der Waals surface area contributed by atoms with E-state index in [1.165, 1.54) is 0 Å². The first-order valence-electron chi connectivity index (χ1n) is 8.33. The molecule has 1 unspecified atom stereocenters. The summed E-state index contributed by atoms with van der Waals surface area (Å²) in [4.78, 5) is 12.0. The summed E-state index contributed by atoms with van der Waals surface area (Å²) in [5.41, 5.74) is 7.99. The van der Waals surface area contributed by atoms with Gasteiger partial charge >= 0.3 is 5.97 Å². The number of para-hydroxylation sites is 2. The van der Waals surface area contributed by atoms with Crippen LogP contribution in [0.15, 0.2) is 54.6 Å². The largest absolute Gasteiger partial charge is 0.465 e. The molecule has 0 aliphatic carbocycles. The molecule has 130 valence electrons. The van der Waals surface area contributed by atoms with Crippen LogP contribution in [0.2, 0.25) is 0 Å². The number of hydrogen-bond acceptors (Lipinski definition) is 4. The zero-order valence-corrected chi connectivity index (χ0v) is 14.4. The number of nitrogens with two attached hydrogens (primary N) is 1. The van der Waals surface area contributed by atoms with E-state index in [1.54, 1.807) is 6.92 Å². The van der Waals surface area contributed by atoms with Crippen molar-refractivity contribution >= 4 is 16.9 Å². The molecule has 3 rings (SSSR count). The highest BCUT2D eigenvalue weighted by molar-refractivity contribution is 5.88. The smallest absolute Gasteiger partial charge is 0.323 e. The van der Waals surface area contributed by atoms with E-state index in [4.69, 9.17) is 15.2 Å². The van der Waals surface area contributed by atoms with Crippen LogP contribution in [0.25, 0.3) is 10.9 Å². The Morgan fingerprint density at radius 3 is 2.52 bits per heavy atom. The molecule has 1 aromatic heterocycles. The maximum Gasteiger partial charge on any atom is 0.323 e. The Labute approximate surface area is 147 Å². The predicted octanol–water partition coefficient (Wildman–Crippen LogP) is 3.40. The average Bonchev–Trinajstić information content (AvgIpc) is 2.89. The van der Waals surface area contributed by atoms with Crippen LogP contribution < -0.4 is 10.5 Å². The van der Waals surface area contributed by atoms with Crippen LogP contribution in [0, 0.1) is 0 Å². The number of fused-ring (bicyclic) bond motifs is 1. The van der Waals surface area contributed by atoms with Crippen molar-refractivity contribution in [3.8, 4) is 11.6 Å². The van der Waals surface area contributed by atoms with E-state index in [0.29, 0.717) is 18.9 Å². The molecule has 0 amide bonds. The van der Waals surface area contributed by atoms with Crippen LogP contribution in [0.5, 0.6) is 11.6 Å². The monoisotopic (exact) mass is 338 g/mol. The quantitative estimate of drug-likeness (QED) is 0.700. The number of ether oxygens (including phenoxy) is 2. The lowest BCUT2D eigenvalue weighted by molar-refractivity contribution is -0.144. The molecular weight excluding hydrogens is 316 g/mol. The maximum atomic E-state index is 12.0. The molecule has 5 nitrogen and oxygen atoms in total. The molecule has 0 saturated heterocycles. The molecule has 0 radical (unpaired) electrons. The summed E-state index contributed by atoms with van der Waals surface area (Å²) < 4.78 is 13.1. The highest BCUT2D eigenvalue weighted by Gasteiger charge is 2.23. The standard InChI is InChI=1S/C20H22N2O3/c1-3-24-20(23)17(21)13-16-15-11-7-8-12-18(15)22(2)19(16)25-14-9-5-4-6-10-14/h4-12,17H,3,13,21H2,1-2H3. The van der Waals surface area contributed by atoms with Gasteiger partial charge in [0.05, 0.1) is 12.1 Å². The minimum Gasteiger partial charge on any atom is -0.465 e. The lowest BCUT2D eigenvalue weighted by atomic mass is 10.1. The van der Waals surface area contributed by atoms with Gasteiger partial charge in [0.2, 0.25) is 5.88 Å². The third-order valence-electron chi connectivity index (χ3n) is 4.12. The Bertz CT molecular complexity index is 871. The number of aryl methyl sites for hydroxylation is 1. The lowest BCUT2D eigenvalue weighted by Crippen LogP contribution is -2.34. The van der Waals surface area contributed by atoms with Gasteiger partial charge in [-0.15, -0.1) is 0 Å². The normalized spacial score (nSPS) is 12.1. The molecular formula is C20H22N2O3. The molecule has 2 aromatic carbocycles. The highest BCUT2D eigenvalue weighted by Crippen LogP contribution is 2.35. The maximum absolute atomic E-state index is 12.0. The highest BCUT2D eigenvalue weighted by atomic mass is 16.5. The molecule has 0 fully saturated rings. The summed E-state index contributed by atoms with van der Waals surface area (Å²) in [7, 11) is 1.94. The molecule has 0 spiro atoms. The van der Waals surface area contributed by atoms with Gasteiger partial charge in [0, 0.05) is 24.4 Å². The molecule has 2 N–H and O–H groups in total. The minimum atomic E-state index is -0.733. The Morgan fingerprint density at radius 1 is 1.12 bits per heavy atom. The number of carbonyl (C=O) groups is 1. The van der Waals surface area contributed by atoms with Gasteiger partial charge < -0.3 is 19.8 Å². The summed E-state index contributed by atoms with van der Waals surface area (Å²) in [6, 6.07) is 16.8. The van der Waals surface area contributed by atoms with Crippen LogP contribution in [-0.4, -0.2) is 23.2 Å². The van der Waals surface area contributed by atoms with E-state index >= 15 is 0 Å². The fourth-order valence-electron chi connectivity index (χ4n) is 2.93. The zero-order valence-electron chi connectivity index (χ0n) is 14.4. The Balaban J connectivity index is 2.02. The number of esters is 1. The Kier molecular flexibility index (Phi) is 5.05. The van der Waals surface area contributed by atoms with Gasteiger partial charge in [-0.1, -0.05) is 36.4 Å². The van der Waals surface area contributed by atoms with E-state index < -0.39 is 12.0 Å². The van der Waals surface area contributed by atoms with Crippen molar-refractivity contribution in [2.75, 3.05) is 6.61 Å². The third kappa shape index (κ3) is 3.51. The second-order valence-electron chi connectivity index (χ2n) is 5.84. The molecule has 25 heavy (non-hydrogen) atoms. The molecule has 3 aromatic rings. The number of nitrogens with zero attached hydrogens (tertiary/aromatic N) is 1. The summed E-state index contributed by atoms with van der Waals surface area (Å²) in [6.07, 6.45) is 0.350. The number of hydrogen-bond donors (Lipinski definition) is 1. The van der Waals surface area contributed by atoms with Gasteiger partial charge in [0.25, 0.3) is 0 Å². The van der Waals surface area contributed by atoms with Crippen molar-refractivity contribution in [2.24, 2.45) is 12.8 Å². The molecule has 0 aliphatic heterocycles. The lowest BCUT2D eigenvalue weighted by Gasteiger charge is -2.13. The Hall–Kier alpha value is -2.79. The van der Waals surface area contributed by atoms with Crippen LogP contribution in [0.3, 0.4) is 0 Å². The average molecular weight is 338 g/mol. The van der Waals surface area contributed by atoms with Crippen molar-refractivity contribution < 1.29 is 14.3 Å². The fraction of sp³-hybridized carbons (Fsp3) is 0.250. The first-order chi connectivity index (χ1) is 12.1. The first kappa shape index (κ1) is 17.0. The van der Waals surface area contributed by atoms with E-state index in [-0.39, 0.29) is 0 Å². The number of aromatic nitrogens is 1. The summed E-state index contributed by atoms with van der Waals surface area (Å²) in [6.45, 7) is 2.09. The van der Waals surface area contributed by atoms with Crippen molar-refractivity contribution in [3.05, 3.63) is 60.2 Å². The second-order valence-corrected chi connectivity index (χ2v) is 5.84. The number of rotatable bonds is 6. The fourth-order valence-corrected chi connectivity index (χ4v) is 2.93. The number of carbonyl (C=O) groups excluding carboxylic acids is 1. The molecule has 1 atom stereocenters. The van der Waals surface area contributed by atoms with Gasteiger partial charge in [-0.2, -0.15) is 0 Å². The summed E-state index contributed by atoms with van der Waals surface area (Å²) >= 11 is 0. The van der Waals surface area contributed by atoms with Gasteiger partial charge in [-0.25, -0.2) is 0 Å². The molecule has 0 aliphatic rings. The van der Waals surface area contributed by atoms with E-state index in [2.05, 4.69) is 0 Å². The third-order valence-corrected chi connectivity index (χ3v) is 4.12. The van der Waals surface area contributed by atoms with Crippen molar-refractivity contribution in [2.45, 2.75) is 19.4 Å². The summed E-state index contributed by atoms with van der Waals surface area (Å²) in [5, 5.41) is 1.02. The van der Waals surface area contributed by atoms with Gasteiger partial charge in [0.1, 0.15) is 11.8 Å². The van der Waals surface area contributed by atoms with E-state index in [0.717, 1.165) is 22.2 Å². The van der Waals surface area contributed by atoms with Gasteiger partial charge in [-0.05, 0) is 25.1 Å². The minimum absolute atomic E-state index is 0.315. The second kappa shape index (κ2) is 7.40. The topological polar surface area (TPSA) is 66.5 Å². The molecule has 0 bridgehead atoms. The van der Waals surface area contributed by atoms with Crippen molar-refractivity contribution in [1.82, 2.24) is 4.57 Å². The molecule has 0 saturated carbocycles. The van der Waals surface area contributed by atoms with Crippen molar-refractivity contribution in [1.29, 1.82) is 0 Å². The van der Waals surface area contributed by atoms with Crippen molar-refractivity contribution in [3.63, 3.8) is 0 Å². The predicted molar refractivity (Wildman–Crippen MR) is 97.7 cm³/mol. The van der Waals surface area contributed by atoms with Gasteiger partial charge in [0.15, 0.2) is 0 Å². The zero-order chi connectivity index (χ0) is 17.8. The molecule has 5 heteroatoms. The SMILES string of the molecule is CCOC(=O)C(N)Cc1c(Oc2ccccc2)n(C)c2ccccc12. The van der Waals surface area contributed by atoms with Crippen LogP contribution in [-0.2, 0) is 23.0 Å². The molecule has 1 heterocycles. The van der Waals surface area contributed by atoms with Gasteiger partial charge in [-0.3, -0.25) is 4.79 Å². The number of benzene rings is 2. The Morgan fingerprint density at radius 2 is 1.80 bits per heavy atom. The van der Waals surface area contributed by atoms with Crippen LogP contribution >= 0.6 is 0 Å².